The fourth-order valence-electron chi connectivity index (χ4n) is 2.14. The van der Waals surface area contributed by atoms with Crippen molar-refractivity contribution in [2.24, 2.45) is 0 Å². The minimum absolute atomic E-state index is 0.210. The molecule has 0 bridgehead atoms. The summed E-state index contributed by atoms with van der Waals surface area (Å²) in [5.41, 5.74) is 6.79. The summed E-state index contributed by atoms with van der Waals surface area (Å²) < 4.78 is 0. The third kappa shape index (κ3) is 2.17. The summed E-state index contributed by atoms with van der Waals surface area (Å²) in [5.74, 6) is 0.0723. The molecule has 0 atom stereocenters. The molecule has 1 aromatic heterocycles. The van der Waals surface area contributed by atoms with Gasteiger partial charge < -0.3 is 11.1 Å². The number of nitrogen functional groups attached to an aromatic ring is 1. The summed E-state index contributed by atoms with van der Waals surface area (Å²) in [6, 6.07) is 7.54. The van der Waals surface area contributed by atoms with Crippen LogP contribution < -0.4 is 11.1 Å². The maximum Gasteiger partial charge on any atom is 0.257 e. The molecule has 4 N–H and O–H groups in total. The van der Waals surface area contributed by atoms with E-state index < -0.39 is 0 Å². The molecule has 0 saturated heterocycles. The molecule has 1 heterocycles. The Kier molecular flexibility index (Phi) is 2.71. The predicted octanol–water partition coefficient (Wildman–Crippen LogP) is 2.06. The molecule has 2 aromatic rings. The van der Waals surface area contributed by atoms with Gasteiger partial charge in [0.2, 0.25) is 0 Å². The average Bonchev–Trinajstić information content (AvgIpc) is 3.03. The van der Waals surface area contributed by atoms with E-state index in [9.17, 15) is 4.79 Å². The second-order valence-corrected chi connectivity index (χ2v) is 5.18. The first kappa shape index (κ1) is 12.0. The fourth-order valence-corrected chi connectivity index (χ4v) is 2.27. The Morgan fingerprint density at radius 1 is 1.37 bits per heavy atom. The molecule has 0 unspecified atom stereocenters. The number of nitrogens with zero attached hydrogens (tertiary/aromatic N) is 1. The normalized spacial score (nSPS) is 16.1. The van der Waals surface area contributed by atoms with Crippen molar-refractivity contribution in [1.82, 2.24) is 15.5 Å². The Morgan fingerprint density at radius 2 is 2.05 bits per heavy atom. The zero-order chi connectivity index (χ0) is 13.5. The van der Waals surface area contributed by atoms with Gasteiger partial charge in [0.25, 0.3) is 5.91 Å². The van der Waals surface area contributed by atoms with E-state index in [2.05, 4.69) is 15.5 Å². The number of rotatable bonds is 3. The molecule has 1 aliphatic rings. The van der Waals surface area contributed by atoms with Gasteiger partial charge in [0, 0.05) is 5.02 Å². The van der Waals surface area contributed by atoms with Crippen LogP contribution in [0.15, 0.2) is 30.5 Å². The zero-order valence-electron chi connectivity index (χ0n) is 10.1. The monoisotopic (exact) mass is 276 g/mol. The first-order valence-electron chi connectivity index (χ1n) is 5.98. The Balaban J connectivity index is 1.81. The van der Waals surface area contributed by atoms with Crippen molar-refractivity contribution in [2.45, 2.75) is 18.4 Å². The van der Waals surface area contributed by atoms with Gasteiger partial charge in [-0.3, -0.25) is 9.89 Å². The summed E-state index contributed by atoms with van der Waals surface area (Å²) >= 11 is 5.87. The number of nitrogens with two attached hydrogens (primary N) is 1. The van der Waals surface area contributed by atoms with Crippen molar-refractivity contribution < 1.29 is 4.79 Å². The van der Waals surface area contributed by atoms with Crippen molar-refractivity contribution in [2.75, 3.05) is 5.73 Å². The number of benzene rings is 1. The largest absolute Gasteiger partial charge is 0.383 e. The highest BCUT2D eigenvalue weighted by atomic mass is 35.5. The van der Waals surface area contributed by atoms with E-state index in [4.69, 9.17) is 17.3 Å². The van der Waals surface area contributed by atoms with E-state index in [1.54, 1.807) is 0 Å². The molecule has 19 heavy (non-hydrogen) atoms. The number of halogens is 1. The SMILES string of the molecule is Nc1[nH]ncc1C(=O)NC1(c2ccc(Cl)cc2)CC1. The van der Waals surface area contributed by atoms with Crippen LogP contribution in [0.4, 0.5) is 5.82 Å². The summed E-state index contributed by atoms with van der Waals surface area (Å²) in [6.45, 7) is 0. The summed E-state index contributed by atoms with van der Waals surface area (Å²) in [7, 11) is 0. The number of hydrogen-bond donors (Lipinski definition) is 3. The molecular weight excluding hydrogens is 264 g/mol. The molecule has 6 heteroatoms. The van der Waals surface area contributed by atoms with Gasteiger partial charge >= 0.3 is 0 Å². The summed E-state index contributed by atoms with van der Waals surface area (Å²) in [5, 5.41) is 10.0. The average molecular weight is 277 g/mol. The van der Waals surface area contributed by atoms with E-state index in [0.29, 0.717) is 10.6 Å². The van der Waals surface area contributed by atoms with Crippen LogP contribution in [-0.2, 0) is 5.54 Å². The molecule has 5 nitrogen and oxygen atoms in total. The van der Waals surface area contributed by atoms with Crippen LogP contribution in [-0.4, -0.2) is 16.1 Å². The third-order valence-electron chi connectivity index (χ3n) is 3.41. The van der Waals surface area contributed by atoms with E-state index in [0.717, 1.165) is 18.4 Å². The van der Waals surface area contributed by atoms with Crippen LogP contribution in [0, 0.1) is 0 Å². The number of carbonyl (C=O) groups is 1. The quantitative estimate of drug-likeness (QED) is 0.802. The van der Waals surface area contributed by atoms with Crippen molar-refractivity contribution >= 4 is 23.3 Å². The van der Waals surface area contributed by atoms with E-state index in [1.807, 2.05) is 24.3 Å². The van der Waals surface area contributed by atoms with Crippen molar-refractivity contribution in [1.29, 1.82) is 0 Å². The topological polar surface area (TPSA) is 83.8 Å². The maximum absolute atomic E-state index is 12.1. The van der Waals surface area contributed by atoms with Crippen LogP contribution in [0.5, 0.6) is 0 Å². The lowest BCUT2D eigenvalue weighted by molar-refractivity contribution is 0.0932. The lowest BCUT2D eigenvalue weighted by Gasteiger charge is -2.17. The predicted molar refractivity (Wildman–Crippen MR) is 72.8 cm³/mol. The maximum atomic E-state index is 12.1. The fraction of sp³-hybridized carbons (Fsp3) is 0.231. The van der Waals surface area contributed by atoms with E-state index in [1.165, 1.54) is 6.20 Å². The molecule has 0 spiro atoms. The second kappa shape index (κ2) is 4.28. The number of nitrogens with one attached hydrogen (secondary N) is 2. The van der Waals surface area contributed by atoms with Gasteiger partial charge in [0.1, 0.15) is 11.4 Å². The lowest BCUT2D eigenvalue weighted by atomic mass is 10.0. The highest BCUT2D eigenvalue weighted by Gasteiger charge is 2.45. The standard InChI is InChI=1S/C13H13ClN4O/c14-9-3-1-8(2-4-9)13(5-6-13)17-12(19)10-7-16-18-11(10)15/h1-4,7H,5-6H2,(H,17,19)(H3,15,16,18). The van der Waals surface area contributed by atoms with Gasteiger partial charge in [-0.05, 0) is 30.5 Å². The van der Waals surface area contributed by atoms with Crippen LogP contribution >= 0.6 is 11.6 Å². The van der Waals surface area contributed by atoms with Crippen LogP contribution in [0.2, 0.25) is 5.02 Å². The van der Waals surface area contributed by atoms with E-state index in [-0.39, 0.29) is 17.3 Å². The smallest absolute Gasteiger partial charge is 0.257 e. The number of amides is 1. The van der Waals surface area contributed by atoms with E-state index >= 15 is 0 Å². The molecule has 3 rings (SSSR count). The highest BCUT2D eigenvalue weighted by Crippen LogP contribution is 2.45. The lowest BCUT2D eigenvalue weighted by Crippen LogP contribution is -2.35. The van der Waals surface area contributed by atoms with Gasteiger partial charge in [-0.25, -0.2) is 0 Å². The first-order valence-corrected chi connectivity index (χ1v) is 6.36. The second-order valence-electron chi connectivity index (χ2n) is 4.74. The van der Waals surface area contributed by atoms with Gasteiger partial charge in [-0.1, -0.05) is 23.7 Å². The molecule has 1 aliphatic carbocycles. The Labute approximate surface area is 115 Å². The van der Waals surface area contributed by atoms with Gasteiger partial charge in [-0.2, -0.15) is 5.10 Å². The highest BCUT2D eigenvalue weighted by molar-refractivity contribution is 6.30. The molecule has 0 radical (unpaired) electrons. The molecule has 1 amide bonds. The molecule has 1 aromatic carbocycles. The van der Waals surface area contributed by atoms with Crippen LogP contribution in [0.3, 0.4) is 0 Å². The Morgan fingerprint density at radius 3 is 2.58 bits per heavy atom. The molecule has 0 aliphatic heterocycles. The van der Waals surface area contributed by atoms with Crippen molar-refractivity contribution in [3.8, 4) is 0 Å². The minimum Gasteiger partial charge on any atom is -0.383 e. The number of hydrogen-bond acceptors (Lipinski definition) is 3. The van der Waals surface area contributed by atoms with Gasteiger partial charge in [0.05, 0.1) is 11.7 Å². The van der Waals surface area contributed by atoms with Crippen LogP contribution in [0.1, 0.15) is 28.8 Å². The van der Waals surface area contributed by atoms with Crippen LogP contribution in [0.25, 0.3) is 0 Å². The number of carbonyl (C=O) groups excluding carboxylic acids is 1. The van der Waals surface area contributed by atoms with Gasteiger partial charge in [0.15, 0.2) is 0 Å². The molecule has 98 valence electrons. The molecule has 1 saturated carbocycles. The molecule has 1 fully saturated rings. The number of aromatic amines is 1. The van der Waals surface area contributed by atoms with Crippen molar-refractivity contribution in [3.63, 3.8) is 0 Å². The Bertz CT molecular complexity index is 616. The number of aromatic nitrogens is 2. The Hall–Kier alpha value is -2.01. The third-order valence-corrected chi connectivity index (χ3v) is 3.67. The number of H-pyrrole nitrogens is 1. The molecular formula is C13H13ClN4O. The van der Waals surface area contributed by atoms with Crippen molar-refractivity contribution in [3.05, 3.63) is 46.6 Å². The summed E-state index contributed by atoms with van der Waals surface area (Å²) in [4.78, 5) is 12.1. The minimum atomic E-state index is -0.286. The zero-order valence-corrected chi connectivity index (χ0v) is 10.9. The van der Waals surface area contributed by atoms with Gasteiger partial charge in [-0.15, -0.1) is 0 Å². The number of anilines is 1. The summed E-state index contributed by atoms with van der Waals surface area (Å²) in [6.07, 6.45) is 3.26. The first-order chi connectivity index (χ1) is 9.11.